The van der Waals surface area contributed by atoms with Crippen LogP contribution in [-0.4, -0.2) is 48.5 Å². The van der Waals surface area contributed by atoms with E-state index >= 15 is 0 Å². The quantitative estimate of drug-likeness (QED) is 0.212. The van der Waals surface area contributed by atoms with E-state index in [2.05, 4.69) is 22.2 Å². The van der Waals surface area contributed by atoms with Gasteiger partial charge in [-0.05, 0) is 38.0 Å². The van der Waals surface area contributed by atoms with Gasteiger partial charge in [0.2, 0.25) is 0 Å². The van der Waals surface area contributed by atoms with Crippen LogP contribution in [-0.2, 0) is 15.8 Å². The van der Waals surface area contributed by atoms with Crippen LogP contribution in [0.5, 0.6) is 0 Å². The lowest BCUT2D eigenvalue weighted by Gasteiger charge is -2.19. The summed E-state index contributed by atoms with van der Waals surface area (Å²) in [6.07, 6.45) is 1.34. The Morgan fingerprint density at radius 1 is 1.26 bits per heavy atom. The highest BCUT2D eigenvalue weighted by atomic mass is 35.5. The number of unbranched alkanes of at least 4 members (excludes halogenated alkanes) is 1. The molecule has 1 aliphatic rings. The van der Waals surface area contributed by atoms with Crippen molar-refractivity contribution >= 4 is 52.5 Å². The lowest BCUT2D eigenvalue weighted by atomic mass is 10.0. The maximum absolute atomic E-state index is 14.6. The number of rotatable bonds is 10. The van der Waals surface area contributed by atoms with Gasteiger partial charge in [-0.3, -0.25) is 14.4 Å². The smallest absolute Gasteiger partial charge is 0.345 e. The average Bonchev–Trinajstić information content (AvgIpc) is 2.92. The van der Waals surface area contributed by atoms with Crippen LogP contribution < -0.4 is 10.6 Å². The van der Waals surface area contributed by atoms with Gasteiger partial charge in [0.15, 0.2) is 0 Å². The van der Waals surface area contributed by atoms with Crippen LogP contribution in [0, 0.1) is 5.92 Å². The Balaban J connectivity index is 2.26. The van der Waals surface area contributed by atoms with Gasteiger partial charge in [0.05, 0.1) is 16.5 Å². The summed E-state index contributed by atoms with van der Waals surface area (Å²) in [5, 5.41) is 4.68. The molecular formula is C29H33ClF4N4O3S. The Bertz CT molecular complexity index is 1350. The number of allylic oxidation sites excluding steroid dienone is 3. The average molecular weight is 629 g/mol. The number of nitrogens with zero attached hydrogens (tertiary/aromatic N) is 2. The molecule has 2 N–H and O–H groups in total. The highest BCUT2D eigenvalue weighted by Gasteiger charge is 2.32. The number of alkyl halides is 3. The molecule has 42 heavy (non-hydrogen) atoms. The third-order valence-corrected chi connectivity index (χ3v) is 7.50. The second-order valence-electron chi connectivity index (χ2n) is 9.73. The van der Waals surface area contributed by atoms with Crippen molar-refractivity contribution in [3.63, 3.8) is 0 Å². The monoisotopic (exact) mass is 628 g/mol. The summed E-state index contributed by atoms with van der Waals surface area (Å²) < 4.78 is 55.2. The van der Waals surface area contributed by atoms with Gasteiger partial charge in [0, 0.05) is 42.4 Å². The molecule has 2 rings (SSSR count). The largest absolute Gasteiger partial charge is 0.416 e. The van der Waals surface area contributed by atoms with Crippen molar-refractivity contribution in [2.24, 2.45) is 10.9 Å². The molecule has 1 aromatic carbocycles. The van der Waals surface area contributed by atoms with Crippen LogP contribution in [0.2, 0.25) is 0 Å². The fourth-order valence-electron chi connectivity index (χ4n) is 3.51. The Morgan fingerprint density at radius 2 is 1.93 bits per heavy atom. The Morgan fingerprint density at radius 3 is 2.52 bits per heavy atom. The number of aliphatic imine (C=N–C) groups is 1. The van der Waals surface area contributed by atoms with Gasteiger partial charge < -0.3 is 15.5 Å². The maximum atomic E-state index is 14.6. The zero-order valence-electron chi connectivity index (χ0n) is 23.9. The number of carbonyl (C=O) groups excluding carboxylic acids is 3. The molecule has 2 atom stereocenters. The molecule has 1 aromatic rings. The van der Waals surface area contributed by atoms with E-state index < -0.39 is 52.3 Å². The first-order chi connectivity index (χ1) is 19.6. The molecule has 1 heterocycles. The molecule has 13 heteroatoms. The zero-order chi connectivity index (χ0) is 31.8. The standard InChI is InChI=1S/C29H33ClF4N4O3S/c1-7-8-11-22(26(39)37-21-14-19(28(41)38(5)6)13-20(15-21)29(32,33)34)42-18(4)17(3)36-27(40)25-23(30)24(31)16(2)10-9-12-35-25/h9,11-17H,4,7-8,10H2,1-3,5-6H3,(H,36,40)(H,37,39)/b12-9+,22-11-,24-23?,35-25?. The second-order valence-corrected chi connectivity index (χ2v) is 11.3. The molecule has 0 radical (unpaired) electrons. The lowest BCUT2D eigenvalue weighted by Crippen LogP contribution is -2.38. The van der Waals surface area contributed by atoms with E-state index in [0.29, 0.717) is 24.2 Å². The van der Waals surface area contributed by atoms with Crippen molar-refractivity contribution < 1.29 is 31.9 Å². The molecule has 0 saturated heterocycles. The molecule has 0 saturated carbocycles. The third-order valence-electron chi connectivity index (χ3n) is 5.95. The van der Waals surface area contributed by atoms with Crippen molar-refractivity contribution in [2.75, 3.05) is 19.4 Å². The molecule has 7 nitrogen and oxygen atoms in total. The number of nitrogens with one attached hydrogen (secondary N) is 2. The second kappa shape index (κ2) is 15.2. The minimum Gasteiger partial charge on any atom is -0.345 e. The lowest BCUT2D eigenvalue weighted by molar-refractivity contribution is -0.137. The van der Waals surface area contributed by atoms with Crippen LogP contribution in [0.3, 0.4) is 0 Å². The number of hydrogen-bond donors (Lipinski definition) is 2. The van der Waals surface area contributed by atoms with Gasteiger partial charge in [-0.2, -0.15) is 13.2 Å². The van der Waals surface area contributed by atoms with Gasteiger partial charge in [-0.25, -0.2) is 9.38 Å². The van der Waals surface area contributed by atoms with Gasteiger partial charge in [0.25, 0.3) is 17.7 Å². The first-order valence-corrected chi connectivity index (χ1v) is 14.2. The summed E-state index contributed by atoms with van der Waals surface area (Å²) >= 11 is 7.02. The molecule has 0 aromatic heterocycles. The van der Waals surface area contributed by atoms with Gasteiger partial charge in [0.1, 0.15) is 16.6 Å². The van der Waals surface area contributed by atoms with E-state index in [0.717, 1.165) is 34.9 Å². The topological polar surface area (TPSA) is 90.9 Å². The van der Waals surface area contributed by atoms with Crippen molar-refractivity contribution in [2.45, 2.75) is 52.3 Å². The van der Waals surface area contributed by atoms with Crippen LogP contribution in [0.15, 0.2) is 68.8 Å². The highest BCUT2D eigenvalue weighted by Crippen LogP contribution is 2.34. The number of thioether (sulfide) groups is 1. The zero-order valence-corrected chi connectivity index (χ0v) is 25.4. The summed E-state index contributed by atoms with van der Waals surface area (Å²) in [5.41, 5.74) is -1.87. The predicted molar refractivity (Wildman–Crippen MR) is 160 cm³/mol. The van der Waals surface area contributed by atoms with E-state index in [-0.39, 0.29) is 21.9 Å². The summed E-state index contributed by atoms with van der Waals surface area (Å²) in [7, 11) is 2.80. The van der Waals surface area contributed by atoms with Crippen molar-refractivity contribution in [3.05, 3.63) is 74.9 Å². The highest BCUT2D eigenvalue weighted by molar-refractivity contribution is 8.07. The summed E-state index contributed by atoms with van der Waals surface area (Å²) in [5.74, 6) is -3.35. The van der Waals surface area contributed by atoms with E-state index in [1.54, 1.807) is 26.0 Å². The predicted octanol–water partition coefficient (Wildman–Crippen LogP) is 7.20. The first-order valence-electron chi connectivity index (χ1n) is 13.0. The third kappa shape index (κ3) is 9.59. The van der Waals surface area contributed by atoms with Crippen LogP contribution in [0.4, 0.5) is 23.2 Å². The molecule has 3 amide bonds. The number of carbonyl (C=O) groups is 3. The molecule has 228 valence electrons. The first kappa shape index (κ1) is 34.8. The van der Waals surface area contributed by atoms with Crippen molar-refractivity contribution in [1.82, 2.24) is 10.2 Å². The van der Waals surface area contributed by atoms with Crippen molar-refractivity contribution in [3.8, 4) is 0 Å². The fraction of sp³-hybridized carbons (Fsp3) is 0.379. The minimum absolute atomic E-state index is 0.116. The molecular weight excluding hydrogens is 596 g/mol. The Labute approximate surface area is 251 Å². The van der Waals surface area contributed by atoms with Gasteiger partial charge in [-0.15, -0.1) is 0 Å². The Hall–Kier alpha value is -3.38. The maximum Gasteiger partial charge on any atom is 0.416 e. The number of benzene rings is 1. The van der Waals surface area contributed by atoms with E-state index in [9.17, 15) is 31.9 Å². The number of amides is 3. The molecule has 0 spiro atoms. The summed E-state index contributed by atoms with van der Waals surface area (Å²) in [6, 6.07) is 1.87. The molecule has 2 unspecified atom stereocenters. The van der Waals surface area contributed by atoms with E-state index in [4.69, 9.17) is 11.6 Å². The fourth-order valence-corrected chi connectivity index (χ4v) is 4.69. The molecule has 1 aliphatic heterocycles. The molecule has 0 aliphatic carbocycles. The number of halogens is 5. The molecule has 0 bridgehead atoms. The van der Waals surface area contributed by atoms with E-state index in [1.165, 1.54) is 20.3 Å². The summed E-state index contributed by atoms with van der Waals surface area (Å²) in [6.45, 7) is 9.02. The van der Waals surface area contributed by atoms with Gasteiger partial charge >= 0.3 is 6.18 Å². The van der Waals surface area contributed by atoms with Crippen LogP contribution in [0.1, 0.15) is 56.0 Å². The minimum atomic E-state index is -4.75. The van der Waals surface area contributed by atoms with Crippen molar-refractivity contribution in [1.29, 1.82) is 0 Å². The van der Waals surface area contributed by atoms with E-state index in [1.807, 2.05) is 6.92 Å². The number of hydrogen-bond acceptors (Lipinski definition) is 5. The normalized spacial score (nSPS) is 17.4. The number of anilines is 1. The summed E-state index contributed by atoms with van der Waals surface area (Å²) in [4.78, 5) is 44.0. The SMILES string of the molecule is C=C(S/C(=C\CCC)C(=O)Nc1cc(C(=O)N(C)C)cc(C(F)(F)F)c1)C(C)NC(=O)C1=N/C=C/CC(C)C(F)=C1Cl. The van der Waals surface area contributed by atoms with Crippen LogP contribution >= 0.6 is 23.4 Å². The van der Waals surface area contributed by atoms with Gasteiger partial charge in [-0.1, -0.05) is 62.4 Å². The van der Waals surface area contributed by atoms with Crippen LogP contribution in [0.25, 0.3) is 0 Å². The Kier molecular flexibility index (Phi) is 12.6. The molecule has 0 fully saturated rings.